The Kier molecular flexibility index (Phi) is 9.04. The van der Waals surface area contributed by atoms with E-state index in [1.54, 1.807) is 7.11 Å². The molecule has 5 nitrogen and oxygen atoms in total. The molecule has 144 valence electrons. The molecule has 0 radical (unpaired) electrons. The van der Waals surface area contributed by atoms with E-state index < -0.39 is 0 Å². The number of nitrogens with one attached hydrogen (secondary N) is 1. The molecule has 0 aliphatic carbocycles. The Hall–Kier alpha value is -2.01. The number of carbonyl (C=O) groups excluding carboxylic acids is 1. The number of likely N-dealkylation sites (tertiary alicyclic amines) is 1. The molecule has 1 aliphatic rings. The molecule has 0 atom stereocenters. The minimum atomic E-state index is -0.0968. The van der Waals surface area contributed by atoms with Crippen molar-refractivity contribution in [3.63, 3.8) is 0 Å². The van der Waals surface area contributed by atoms with Gasteiger partial charge in [-0.05, 0) is 63.5 Å². The van der Waals surface area contributed by atoms with Crippen molar-refractivity contribution in [1.29, 1.82) is 0 Å². The van der Waals surface area contributed by atoms with Crippen molar-refractivity contribution >= 4 is 12.0 Å². The molecule has 1 saturated heterocycles. The number of methoxy groups -OCH3 is 1. The summed E-state index contributed by atoms with van der Waals surface area (Å²) in [5.74, 6) is 1.12. The highest BCUT2D eigenvalue weighted by atomic mass is 16.5. The maximum Gasteiger partial charge on any atom is 0.257 e. The molecule has 0 bridgehead atoms. The van der Waals surface area contributed by atoms with E-state index in [1.807, 2.05) is 37.3 Å². The van der Waals surface area contributed by atoms with Gasteiger partial charge in [0.25, 0.3) is 5.91 Å². The van der Waals surface area contributed by atoms with Gasteiger partial charge in [-0.15, -0.1) is 0 Å². The van der Waals surface area contributed by atoms with Gasteiger partial charge in [-0.3, -0.25) is 4.79 Å². The zero-order valence-corrected chi connectivity index (χ0v) is 16.1. The number of ether oxygens (including phenoxy) is 2. The average molecular weight is 360 g/mol. The molecular weight excluding hydrogens is 328 g/mol. The molecule has 2 rings (SSSR count). The number of allylic oxidation sites excluding steroid dienone is 1. The molecule has 0 unspecified atom stereocenters. The predicted molar refractivity (Wildman–Crippen MR) is 106 cm³/mol. The second kappa shape index (κ2) is 11.6. The molecule has 26 heavy (non-hydrogen) atoms. The van der Waals surface area contributed by atoms with Crippen molar-refractivity contribution < 1.29 is 14.3 Å². The van der Waals surface area contributed by atoms with Crippen LogP contribution in [0, 0.1) is 0 Å². The predicted octanol–water partition coefficient (Wildman–Crippen LogP) is 3.49. The first-order chi connectivity index (χ1) is 12.7. The van der Waals surface area contributed by atoms with Crippen LogP contribution >= 0.6 is 0 Å². The van der Waals surface area contributed by atoms with Crippen LogP contribution in [0.2, 0.25) is 0 Å². The molecule has 1 aromatic carbocycles. The zero-order chi connectivity index (χ0) is 18.6. The van der Waals surface area contributed by atoms with E-state index in [9.17, 15) is 4.79 Å². The Balaban J connectivity index is 1.68. The third kappa shape index (κ3) is 7.08. The van der Waals surface area contributed by atoms with E-state index in [0.717, 1.165) is 18.5 Å². The standard InChI is InChI=1S/C21H32N2O3/c1-3-9-18-10-11-19(20(16-18)25-2)26-17-21(24)22-12-8-15-23-13-6-4-5-7-14-23/h3,9-11,16H,4-8,12-15,17H2,1-2H3,(H,22,24)/b9-3+. The second-order valence-corrected chi connectivity index (χ2v) is 6.66. The average Bonchev–Trinajstić information content (AvgIpc) is 2.93. The fraction of sp³-hybridized carbons (Fsp3) is 0.571. The molecule has 1 amide bonds. The molecule has 1 fully saturated rings. The lowest BCUT2D eigenvalue weighted by Gasteiger charge is -2.19. The van der Waals surface area contributed by atoms with Gasteiger partial charge in [-0.25, -0.2) is 0 Å². The van der Waals surface area contributed by atoms with Crippen LogP contribution in [-0.4, -0.2) is 50.7 Å². The van der Waals surface area contributed by atoms with Gasteiger partial charge in [0.15, 0.2) is 18.1 Å². The van der Waals surface area contributed by atoms with Gasteiger partial charge >= 0.3 is 0 Å². The minimum absolute atomic E-state index is 0.00301. The molecular formula is C21H32N2O3. The number of hydrogen-bond acceptors (Lipinski definition) is 4. The summed E-state index contributed by atoms with van der Waals surface area (Å²) in [6, 6.07) is 5.67. The number of benzene rings is 1. The van der Waals surface area contributed by atoms with E-state index >= 15 is 0 Å². The van der Waals surface area contributed by atoms with Crippen LogP contribution in [0.1, 0.15) is 44.6 Å². The summed E-state index contributed by atoms with van der Waals surface area (Å²) in [4.78, 5) is 14.5. The van der Waals surface area contributed by atoms with Gasteiger partial charge in [-0.2, -0.15) is 0 Å². The topological polar surface area (TPSA) is 50.8 Å². The monoisotopic (exact) mass is 360 g/mol. The van der Waals surface area contributed by atoms with Gasteiger partial charge in [0.1, 0.15) is 0 Å². The lowest BCUT2D eigenvalue weighted by Crippen LogP contribution is -2.33. The number of hydrogen-bond donors (Lipinski definition) is 1. The van der Waals surface area contributed by atoms with Gasteiger partial charge in [0, 0.05) is 6.54 Å². The lowest BCUT2D eigenvalue weighted by atomic mass is 10.2. The van der Waals surface area contributed by atoms with Crippen LogP contribution in [-0.2, 0) is 4.79 Å². The molecule has 1 heterocycles. The summed E-state index contributed by atoms with van der Waals surface area (Å²) < 4.78 is 11.0. The Morgan fingerprint density at radius 1 is 1.19 bits per heavy atom. The number of amides is 1. The summed E-state index contributed by atoms with van der Waals surface area (Å²) in [7, 11) is 1.60. The molecule has 0 saturated carbocycles. The maximum absolute atomic E-state index is 12.0. The molecule has 0 spiro atoms. The number of nitrogens with zero attached hydrogens (tertiary/aromatic N) is 1. The SMILES string of the molecule is C/C=C/c1ccc(OCC(=O)NCCCN2CCCCCC2)c(OC)c1. The van der Waals surface area contributed by atoms with Gasteiger partial charge < -0.3 is 19.7 Å². The van der Waals surface area contributed by atoms with Crippen molar-refractivity contribution in [2.45, 2.75) is 39.0 Å². The largest absolute Gasteiger partial charge is 0.493 e. The van der Waals surface area contributed by atoms with Crippen LogP contribution in [0.15, 0.2) is 24.3 Å². The Morgan fingerprint density at radius 3 is 2.65 bits per heavy atom. The first kappa shape index (κ1) is 20.3. The summed E-state index contributed by atoms with van der Waals surface area (Å²) >= 11 is 0. The second-order valence-electron chi connectivity index (χ2n) is 6.66. The maximum atomic E-state index is 12.0. The Bertz CT molecular complexity index is 579. The third-order valence-corrected chi connectivity index (χ3v) is 4.58. The highest BCUT2D eigenvalue weighted by molar-refractivity contribution is 5.77. The highest BCUT2D eigenvalue weighted by Crippen LogP contribution is 2.28. The summed E-state index contributed by atoms with van der Waals surface area (Å²) in [6.07, 6.45) is 10.2. The lowest BCUT2D eigenvalue weighted by molar-refractivity contribution is -0.123. The van der Waals surface area contributed by atoms with E-state index in [0.29, 0.717) is 18.0 Å². The van der Waals surface area contributed by atoms with Crippen LogP contribution in [0.4, 0.5) is 0 Å². The summed E-state index contributed by atoms with van der Waals surface area (Å²) in [5.41, 5.74) is 1.04. The van der Waals surface area contributed by atoms with Crippen molar-refractivity contribution in [1.82, 2.24) is 10.2 Å². The quantitative estimate of drug-likeness (QED) is 0.685. The van der Waals surface area contributed by atoms with E-state index in [-0.39, 0.29) is 12.5 Å². The molecule has 1 aromatic rings. The smallest absolute Gasteiger partial charge is 0.257 e. The molecule has 5 heteroatoms. The number of carbonyl (C=O) groups is 1. The van der Waals surface area contributed by atoms with Gasteiger partial charge in [0.2, 0.25) is 0 Å². The highest BCUT2D eigenvalue weighted by Gasteiger charge is 2.10. The third-order valence-electron chi connectivity index (χ3n) is 4.58. The van der Waals surface area contributed by atoms with E-state index in [2.05, 4.69) is 10.2 Å². The van der Waals surface area contributed by atoms with Crippen molar-refractivity contribution in [3.8, 4) is 11.5 Å². The van der Waals surface area contributed by atoms with Crippen molar-refractivity contribution in [3.05, 3.63) is 29.8 Å². The molecule has 1 aliphatic heterocycles. The molecule has 0 aromatic heterocycles. The van der Waals surface area contributed by atoms with Gasteiger partial charge in [0.05, 0.1) is 7.11 Å². The fourth-order valence-corrected chi connectivity index (χ4v) is 3.18. The summed E-state index contributed by atoms with van der Waals surface area (Å²) in [5, 5.41) is 2.93. The van der Waals surface area contributed by atoms with Crippen LogP contribution in [0.25, 0.3) is 6.08 Å². The van der Waals surface area contributed by atoms with Crippen LogP contribution < -0.4 is 14.8 Å². The van der Waals surface area contributed by atoms with Crippen molar-refractivity contribution in [2.75, 3.05) is 39.9 Å². The van der Waals surface area contributed by atoms with Crippen LogP contribution in [0.5, 0.6) is 11.5 Å². The Labute approximate surface area is 157 Å². The fourth-order valence-electron chi connectivity index (χ4n) is 3.18. The molecule has 1 N–H and O–H groups in total. The van der Waals surface area contributed by atoms with Crippen molar-refractivity contribution in [2.24, 2.45) is 0 Å². The number of rotatable bonds is 9. The van der Waals surface area contributed by atoms with E-state index in [1.165, 1.54) is 38.8 Å². The first-order valence-electron chi connectivity index (χ1n) is 9.65. The minimum Gasteiger partial charge on any atom is -0.493 e. The first-order valence-corrected chi connectivity index (χ1v) is 9.65. The van der Waals surface area contributed by atoms with E-state index in [4.69, 9.17) is 9.47 Å². The van der Waals surface area contributed by atoms with Gasteiger partial charge in [-0.1, -0.05) is 31.1 Å². The Morgan fingerprint density at radius 2 is 1.96 bits per heavy atom. The van der Waals surface area contributed by atoms with Crippen LogP contribution in [0.3, 0.4) is 0 Å². The summed E-state index contributed by atoms with van der Waals surface area (Å²) in [6.45, 7) is 6.11. The normalized spacial score (nSPS) is 15.6. The zero-order valence-electron chi connectivity index (χ0n) is 16.1.